The molecule has 0 N–H and O–H groups in total. The minimum Gasteiger partial charge on any atom is -0.320 e. The molecule has 0 bridgehead atoms. The van der Waals surface area contributed by atoms with Gasteiger partial charge in [-0.2, -0.15) is 8.78 Å². The van der Waals surface area contributed by atoms with Gasteiger partial charge >= 0.3 is 6.11 Å². The van der Waals surface area contributed by atoms with E-state index in [-0.39, 0.29) is 6.61 Å². The fraction of sp³-hybridized carbons (Fsp3) is 1.00. The lowest BCUT2D eigenvalue weighted by Crippen LogP contribution is -2.21. The van der Waals surface area contributed by atoms with E-state index in [0.29, 0.717) is 6.42 Å². The summed E-state index contributed by atoms with van der Waals surface area (Å²) in [6, 6.07) is 0. The largest absolute Gasteiger partial charge is 0.358 e. The lowest BCUT2D eigenvalue weighted by atomic mass is 10.4. The van der Waals surface area contributed by atoms with Gasteiger partial charge in [0.25, 0.3) is 0 Å². The van der Waals surface area contributed by atoms with Crippen LogP contribution in [0.4, 0.5) is 13.2 Å². The molecule has 0 saturated heterocycles. The predicted octanol–water partition coefficient (Wildman–Crippen LogP) is 2.37. The summed E-state index contributed by atoms with van der Waals surface area (Å²) >= 11 is 0. The first-order chi connectivity index (χ1) is 4.62. The van der Waals surface area contributed by atoms with Gasteiger partial charge in [-0.05, 0) is 6.42 Å². The molecule has 0 spiro atoms. The molecule has 0 aromatic heterocycles. The molecule has 0 aromatic carbocycles. The molecule has 62 valence electrons. The highest BCUT2D eigenvalue weighted by molar-refractivity contribution is 4.50. The topological polar surface area (TPSA) is 9.23 Å². The fourth-order valence-corrected chi connectivity index (χ4v) is 0.434. The molecule has 0 amide bonds. The van der Waals surface area contributed by atoms with Crippen LogP contribution in [0.5, 0.6) is 0 Å². The average Bonchev–Trinajstić information content (AvgIpc) is 1.84. The molecule has 4 heteroatoms. The first-order valence-electron chi connectivity index (χ1n) is 3.20. The van der Waals surface area contributed by atoms with Crippen LogP contribution in [0.3, 0.4) is 0 Å². The molecule has 0 aliphatic rings. The Balaban J connectivity index is 3.42. The normalized spacial score (nSPS) is 12.0. The molecule has 0 rings (SSSR count). The molecule has 0 radical (unpaired) electrons. The molecule has 0 heterocycles. The van der Waals surface area contributed by atoms with Gasteiger partial charge in [0, 0.05) is 0 Å². The van der Waals surface area contributed by atoms with Gasteiger partial charge in [0.1, 0.15) is 0 Å². The number of halogens is 3. The summed E-state index contributed by atoms with van der Waals surface area (Å²) < 4.78 is 39.7. The van der Waals surface area contributed by atoms with Gasteiger partial charge in [-0.1, -0.05) is 6.92 Å². The number of ether oxygens (including phenoxy) is 1. The summed E-state index contributed by atoms with van der Waals surface area (Å²) in [4.78, 5) is 0. The van der Waals surface area contributed by atoms with Crippen LogP contribution in [0.2, 0.25) is 0 Å². The van der Waals surface area contributed by atoms with Crippen molar-refractivity contribution in [1.82, 2.24) is 0 Å². The van der Waals surface area contributed by atoms with Crippen molar-refractivity contribution >= 4 is 0 Å². The molecule has 0 aliphatic heterocycles. The molecule has 0 atom stereocenters. The third-order valence-corrected chi connectivity index (χ3v) is 0.903. The van der Waals surface area contributed by atoms with Gasteiger partial charge in [0.15, 0.2) is 0 Å². The Morgan fingerprint density at radius 1 is 1.40 bits per heavy atom. The van der Waals surface area contributed by atoms with E-state index in [1.54, 1.807) is 6.92 Å². The number of alkyl halides is 3. The summed E-state index contributed by atoms with van der Waals surface area (Å²) in [6.45, 7) is 0.648. The Morgan fingerprint density at radius 2 is 2.00 bits per heavy atom. The highest BCUT2D eigenvalue weighted by atomic mass is 19.3. The zero-order valence-electron chi connectivity index (χ0n) is 5.87. The van der Waals surface area contributed by atoms with E-state index in [1.807, 2.05) is 0 Å². The summed E-state index contributed by atoms with van der Waals surface area (Å²) in [7, 11) is 0. The molecular formula is C6H11F3O. The fourth-order valence-electron chi connectivity index (χ4n) is 0.434. The van der Waals surface area contributed by atoms with E-state index in [0.717, 1.165) is 0 Å². The monoisotopic (exact) mass is 156 g/mol. The van der Waals surface area contributed by atoms with Gasteiger partial charge in [-0.3, -0.25) is 4.39 Å². The van der Waals surface area contributed by atoms with Crippen LogP contribution in [0.25, 0.3) is 0 Å². The van der Waals surface area contributed by atoms with Gasteiger partial charge < -0.3 is 4.74 Å². The third kappa shape index (κ3) is 4.61. The quantitative estimate of drug-likeness (QED) is 0.593. The molecule has 0 aliphatic carbocycles. The lowest BCUT2D eigenvalue weighted by Gasteiger charge is -2.13. The molecule has 0 unspecified atom stereocenters. The Labute approximate surface area is 58.2 Å². The van der Waals surface area contributed by atoms with Gasteiger partial charge in [0.05, 0.1) is 19.7 Å². The molecular weight excluding hydrogens is 145 g/mol. The number of hydrogen-bond donors (Lipinski definition) is 0. The van der Waals surface area contributed by atoms with E-state index in [1.165, 1.54) is 0 Å². The minimum atomic E-state index is -3.27. The van der Waals surface area contributed by atoms with E-state index in [4.69, 9.17) is 0 Å². The van der Waals surface area contributed by atoms with Crippen molar-refractivity contribution in [3.63, 3.8) is 0 Å². The smallest absolute Gasteiger partial charge is 0.320 e. The van der Waals surface area contributed by atoms with Crippen LogP contribution in [0, 0.1) is 0 Å². The van der Waals surface area contributed by atoms with Crippen molar-refractivity contribution in [1.29, 1.82) is 0 Å². The second-order valence-electron chi connectivity index (χ2n) is 1.92. The number of hydrogen-bond acceptors (Lipinski definition) is 1. The lowest BCUT2D eigenvalue weighted by molar-refractivity contribution is -0.243. The van der Waals surface area contributed by atoms with Crippen LogP contribution < -0.4 is 0 Å². The van der Waals surface area contributed by atoms with Crippen molar-refractivity contribution in [2.45, 2.75) is 25.9 Å². The summed E-state index contributed by atoms with van der Waals surface area (Å²) in [5.74, 6) is 0. The van der Waals surface area contributed by atoms with Crippen molar-refractivity contribution in [2.75, 3.05) is 13.3 Å². The van der Waals surface area contributed by atoms with Gasteiger partial charge in [-0.25, -0.2) is 0 Å². The Hall–Kier alpha value is -0.250. The summed E-state index contributed by atoms with van der Waals surface area (Å²) in [5, 5.41) is 0. The summed E-state index contributed by atoms with van der Waals surface area (Å²) in [5.41, 5.74) is 0. The van der Waals surface area contributed by atoms with Crippen molar-refractivity contribution < 1.29 is 17.9 Å². The Bertz CT molecular complexity index is 85.1. The SMILES string of the molecule is CCCOC(F)(F)CCF. The molecule has 10 heavy (non-hydrogen) atoms. The Morgan fingerprint density at radius 3 is 2.40 bits per heavy atom. The highest BCUT2D eigenvalue weighted by Crippen LogP contribution is 2.19. The van der Waals surface area contributed by atoms with Crippen molar-refractivity contribution in [2.24, 2.45) is 0 Å². The van der Waals surface area contributed by atoms with Crippen LogP contribution in [0.15, 0.2) is 0 Å². The van der Waals surface area contributed by atoms with E-state index in [2.05, 4.69) is 4.74 Å². The molecule has 0 saturated carbocycles. The van der Waals surface area contributed by atoms with Gasteiger partial charge in [0.2, 0.25) is 0 Å². The zero-order chi connectivity index (χ0) is 8.04. The zero-order valence-corrected chi connectivity index (χ0v) is 5.87. The first kappa shape index (κ1) is 9.75. The maximum atomic E-state index is 12.1. The maximum absolute atomic E-state index is 12.1. The van der Waals surface area contributed by atoms with E-state index < -0.39 is 19.2 Å². The van der Waals surface area contributed by atoms with Gasteiger partial charge in [-0.15, -0.1) is 0 Å². The number of rotatable bonds is 5. The van der Waals surface area contributed by atoms with E-state index in [9.17, 15) is 13.2 Å². The maximum Gasteiger partial charge on any atom is 0.358 e. The summed E-state index contributed by atoms with van der Waals surface area (Å²) in [6.07, 6.45) is -3.60. The predicted molar refractivity (Wildman–Crippen MR) is 31.8 cm³/mol. The second-order valence-corrected chi connectivity index (χ2v) is 1.92. The van der Waals surface area contributed by atoms with Crippen LogP contribution in [-0.4, -0.2) is 19.4 Å². The van der Waals surface area contributed by atoms with Crippen molar-refractivity contribution in [3.05, 3.63) is 0 Å². The van der Waals surface area contributed by atoms with Crippen LogP contribution in [0.1, 0.15) is 19.8 Å². The molecule has 1 nitrogen and oxygen atoms in total. The first-order valence-corrected chi connectivity index (χ1v) is 3.20. The molecule has 0 aromatic rings. The van der Waals surface area contributed by atoms with Crippen LogP contribution in [-0.2, 0) is 4.74 Å². The standard InChI is InChI=1S/C6H11F3O/c1-2-5-10-6(8,9)3-4-7/h2-5H2,1H3. The Kier molecular flexibility index (Phi) is 4.43. The van der Waals surface area contributed by atoms with Crippen LogP contribution >= 0.6 is 0 Å². The second kappa shape index (κ2) is 4.55. The highest BCUT2D eigenvalue weighted by Gasteiger charge is 2.28. The average molecular weight is 156 g/mol. The van der Waals surface area contributed by atoms with E-state index >= 15 is 0 Å². The molecule has 0 fully saturated rings. The van der Waals surface area contributed by atoms with Crippen molar-refractivity contribution in [3.8, 4) is 0 Å². The third-order valence-electron chi connectivity index (χ3n) is 0.903. The minimum absolute atomic E-state index is 0.0208.